The SMILES string of the molecule is Cn1nccc1CNc1ncnc(N)c1[N+](=O)[O-]. The molecule has 2 aromatic heterocycles. The molecule has 3 N–H and O–H groups in total. The van der Waals surface area contributed by atoms with Gasteiger partial charge in [-0.25, -0.2) is 9.97 Å². The molecule has 2 aromatic rings. The van der Waals surface area contributed by atoms with Crippen molar-refractivity contribution >= 4 is 17.3 Å². The van der Waals surface area contributed by atoms with E-state index in [0.717, 1.165) is 5.69 Å². The number of hydrogen-bond acceptors (Lipinski definition) is 7. The lowest BCUT2D eigenvalue weighted by atomic mass is 10.4. The van der Waals surface area contributed by atoms with Crippen LogP contribution in [-0.2, 0) is 13.6 Å². The molecule has 2 heterocycles. The highest BCUT2D eigenvalue weighted by Crippen LogP contribution is 2.26. The summed E-state index contributed by atoms with van der Waals surface area (Å²) >= 11 is 0. The Morgan fingerprint density at radius 2 is 2.33 bits per heavy atom. The van der Waals surface area contributed by atoms with Crippen molar-refractivity contribution in [2.75, 3.05) is 11.1 Å². The summed E-state index contributed by atoms with van der Waals surface area (Å²) in [7, 11) is 1.78. The fraction of sp³-hybridized carbons (Fsp3) is 0.222. The van der Waals surface area contributed by atoms with E-state index in [1.54, 1.807) is 24.0 Å². The Hall–Kier alpha value is -2.71. The zero-order valence-corrected chi connectivity index (χ0v) is 9.57. The van der Waals surface area contributed by atoms with E-state index in [4.69, 9.17) is 5.73 Å². The second-order valence-electron chi connectivity index (χ2n) is 3.51. The summed E-state index contributed by atoms with van der Waals surface area (Å²) in [5.74, 6) is -0.0730. The quantitative estimate of drug-likeness (QED) is 0.590. The van der Waals surface area contributed by atoms with Crippen molar-refractivity contribution in [2.45, 2.75) is 6.54 Å². The predicted octanol–water partition coefficient (Wildman–Crippen LogP) is 0.313. The van der Waals surface area contributed by atoms with Crippen molar-refractivity contribution < 1.29 is 4.92 Å². The molecule has 0 spiro atoms. The average Bonchev–Trinajstić information content (AvgIpc) is 2.71. The number of nitrogen functional groups attached to an aromatic ring is 1. The van der Waals surface area contributed by atoms with Crippen LogP contribution < -0.4 is 11.1 Å². The maximum absolute atomic E-state index is 10.9. The largest absolute Gasteiger partial charge is 0.378 e. The Balaban J connectivity index is 2.22. The van der Waals surface area contributed by atoms with Gasteiger partial charge in [-0.3, -0.25) is 14.8 Å². The van der Waals surface area contributed by atoms with Gasteiger partial charge in [0.05, 0.1) is 17.2 Å². The first kappa shape index (κ1) is 11.8. The zero-order chi connectivity index (χ0) is 13.1. The Labute approximate surface area is 102 Å². The van der Waals surface area contributed by atoms with E-state index in [9.17, 15) is 10.1 Å². The lowest BCUT2D eigenvalue weighted by Gasteiger charge is -2.06. The van der Waals surface area contributed by atoms with Crippen molar-refractivity contribution in [3.8, 4) is 0 Å². The minimum Gasteiger partial charge on any atom is -0.378 e. The number of aromatic nitrogens is 4. The van der Waals surface area contributed by atoms with Gasteiger partial charge in [0.1, 0.15) is 6.33 Å². The van der Waals surface area contributed by atoms with Gasteiger partial charge in [-0.05, 0) is 6.07 Å². The van der Waals surface area contributed by atoms with Gasteiger partial charge in [-0.2, -0.15) is 5.10 Å². The fourth-order valence-corrected chi connectivity index (χ4v) is 1.45. The van der Waals surface area contributed by atoms with Gasteiger partial charge in [0, 0.05) is 13.2 Å². The van der Waals surface area contributed by atoms with E-state index in [1.165, 1.54) is 6.33 Å². The van der Waals surface area contributed by atoms with Crippen LogP contribution in [0.3, 0.4) is 0 Å². The molecule has 0 saturated heterocycles. The normalized spacial score (nSPS) is 10.3. The van der Waals surface area contributed by atoms with Crippen molar-refractivity contribution in [1.29, 1.82) is 0 Å². The molecule has 0 saturated carbocycles. The van der Waals surface area contributed by atoms with Gasteiger partial charge in [0.15, 0.2) is 0 Å². The minimum atomic E-state index is -0.610. The average molecular weight is 249 g/mol. The van der Waals surface area contributed by atoms with E-state index < -0.39 is 4.92 Å². The van der Waals surface area contributed by atoms with Crippen molar-refractivity contribution in [2.24, 2.45) is 7.05 Å². The molecule has 0 unspecified atom stereocenters. The van der Waals surface area contributed by atoms with Crippen LogP contribution in [0.1, 0.15) is 5.69 Å². The summed E-state index contributed by atoms with van der Waals surface area (Å²) < 4.78 is 1.66. The molecule has 0 aliphatic heterocycles. The van der Waals surface area contributed by atoms with Gasteiger partial charge in [0.2, 0.25) is 11.6 Å². The zero-order valence-electron chi connectivity index (χ0n) is 9.57. The smallest absolute Gasteiger partial charge is 0.352 e. The number of nitro groups is 1. The van der Waals surface area contributed by atoms with E-state index >= 15 is 0 Å². The van der Waals surface area contributed by atoms with E-state index in [2.05, 4.69) is 20.4 Å². The highest BCUT2D eigenvalue weighted by molar-refractivity contribution is 5.67. The second-order valence-corrected chi connectivity index (χ2v) is 3.51. The first-order chi connectivity index (χ1) is 8.59. The molecular formula is C9H11N7O2. The lowest BCUT2D eigenvalue weighted by molar-refractivity contribution is -0.383. The van der Waals surface area contributed by atoms with Crippen LogP contribution in [-0.4, -0.2) is 24.7 Å². The molecule has 0 aliphatic carbocycles. The van der Waals surface area contributed by atoms with E-state index in [1.807, 2.05) is 0 Å². The van der Waals surface area contributed by atoms with Crippen LogP contribution in [0.15, 0.2) is 18.6 Å². The van der Waals surface area contributed by atoms with Gasteiger partial charge < -0.3 is 11.1 Å². The maximum Gasteiger partial charge on any atom is 0.352 e. The number of aryl methyl sites for hydroxylation is 1. The number of hydrogen-bond donors (Lipinski definition) is 2. The third-order valence-electron chi connectivity index (χ3n) is 2.39. The summed E-state index contributed by atoms with van der Waals surface area (Å²) in [4.78, 5) is 17.7. The Kier molecular flexibility index (Phi) is 3.04. The summed E-state index contributed by atoms with van der Waals surface area (Å²) in [6, 6.07) is 1.80. The topological polar surface area (TPSA) is 125 Å². The van der Waals surface area contributed by atoms with Crippen LogP contribution in [0, 0.1) is 10.1 Å². The van der Waals surface area contributed by atoms with Gasteiger partial charge >= 0.3 is 5.69 Å². The molecule has 0 aliphatic rings. The first-order valence-corrected chi connectivity index (χ1v) is 5.05. The number of nitrogens with one attached hydrogen (secondary N) is 1. The number of nitrogens with zero attached hydrogens (tertiary/aromatic N) is 5. The fourth-order valence-electron chi connectivity index (χ4n) is 1.45. The number of rotatable bonds is 4. The standard InChI is InChI=1S/C9H11N7O2/c1-15-6(2-3-14-15)4-11-9-7(16(17)18)8(10)12-5-13-9/h2-3,5H,4H2,1H3,(H3,10,11,12,13). The highest BCUT2D eigenvalue weighted by atomic mass is 16.6. The molecule has 0 fully saturated rings. The third-order valence-corrected chi connectivity index (χ3v) is 2.39. The molecule has 0 bridgehead atoms. The van der Waals surface area contributed by atoms with E-state index in [0.29, 0.717) is 6.54 Å². The molecule has 0 amide bonds. The van der Waals surface area contributed by atoms with Gasteiger partial charge in [0.25, 0.3) is 0 Å². The van der Waals surface area contributed by atoms with Crippen molar-refractivity contribution in [1.82, 2.24) is 19.7 Å². The molecule has 9 nitrogen and oxygen atoms in total. The van der Waals surface area contributed by atoms with Crippen LogP contribution in [0.4, 0.5) is 17.3 Å². The molecule has 9 heteroatoms. The van der Waals surface area contributed by atoms with Crippen LogP contribution in [0.2, 0.25) is 0 Å². The Bertz CT molecular complexity index is 580. The molecular weight excluding hydrogens is 238 g/mol. The van der Waals surface area contributed by atoms with Crippen LogP contribution in [0.25, 0.3) is 0 Å². The van der Waals surface area contributed by atoms with E-state index in [-0.39, 0.29) is 17.3 Å². The minimum absolute atomic E-state index is 0.0914. The van der Waals surface area contributed by atoms with Crippen molar-refractivity contribution in [3.63, 3.8) is 0 Å². The summed E-state index contributed by atoms with van der Waals surface area (Å²) in [5.41, 5.74) is 5.99. The molecule has 0 radical (unpaired) electrons. The van der Waals surface area contributed by atoms with Crippen LogP contribution in [0.5, 0.6) is 0 Å². The molecule has 2 rings (SSSR count). The predicted molar refractivity (Wildman–Crippen MR) is 63.6 cm³/mol. The summed E-state index contributed by atoms with van der Waals surface area (Å²) in [6.45, 7) is 0.355. The third kappa shape index (κ3) is 2.19. The van der Waals surface area contributed by atoms with Gasteiger partial charge in [-0.1, -0.05) is 0 Å². The lowest BCUT2D eigenvalue weighted by Crippen LogP contribution is -2.10. The number of nitrogens with two attached hydrogens (primary N) is 1. The monoisotopic (exact) mass is 249 g/mol. The highest BCUT2D eigenvalue weighted by Gasteiger charge is 2.20. The molecule has 94 valence electrons. The van der Waals surface area contributed by atoms with Crippen LogP contribution >= 0.6 is 0 Å². The molecule has 18 heavy (non-hydrogen) atoms. The summed E-state index contributed by atoms with van der Waals surface area (Å²) in [6.07, 6.45) is 2.81. The van der Waals surface area contributed by atoms with Gasteiger partial charge in [-0.15, -0.1) is 0 Å². The Morgan fingerprint density at radius 3 is 2.94 bits per heavy atom. The molecule has 0 atom stereocenters. The maximum atomic E-state index is 10.9. The first-order valence-electron chi connectivity index (χ1n) is 5.05. The summed E-state index contributed by atoms with van der Waals surface area (Å²) in [5, 5.41) is 17.7. The molecule has 0 aromatic carbocycles. The second kappa shape index (κ2) is 4.65. The Morgan fingerprint density at radius 1 is 1.56 bits per heavy atom. The number of anilines is 2. The van der Waals surface area contributed by atoms with Crippen molar-refractivity contribution in [3.05, 3.63) is 34.4 Å².